The largest absolute Gasteiger partial charge is 0.113 e. The molecular formula is C19H23Cl. The minimum absolute atomic E-state index is 0.0772. The molecule has 20 heavy (non-hydrogen) atoms. The average Bonchev–Trinajstić information content (AvgIpc) is 2.94. The Morgan fingerprint density at radius 2 is 1.40 bits per heavy atom. The highest BCUT2D eigenvalue weighted by Gasteiger charge is 2.32. The second-order valence-corrected chi connectivity index (χ2v) is 6.57. The van der Waals surface area contributed by atoms with Crippen LogP contribution in [0.25, 0.3) is 12.2 Å². The summed E-state index contributed by atoms with van der Waals surface area (Å²) < 4.78 is 0. The molecule has 0 spiro atoms. The molecule has 0 bridgehead atoms. The maximum Gasteiger partial charge on any atom is 0.0807 e. The van der Waals surface area contributed by atoms with Crippen LogP contribution in [0.4, 0.5) is 0 Å². The van der Waals surface area contributed by atoms with Crippen LogP contribution in [0.5, 0.6) is 0 Å². The predicted octanol–water partition coefficient (Wildman–Crippen LogP) is 6.30. The lowest BCUT2D eigenvalue weighted by atomic mass is 9.86. The first-order chi connectivity index (χ1) is 9.51. The number of halogens is 1. The lowest BCUT2D eigenvalue weighted by Crippen LogP contribution is -2.03. The maximum atomic E-state index is 6.71. The van der Waals surface area contributed by atoms with E-state index in [9.17, 15) is 0 Å². The Kier molecular flexibility index (Phi) is 3.33. The van der Waals surface area contributed by atoms with E-state index in [0.29, 0.717) is 5.92 Å². The third-order valence-corrected chi connectivity index (χ3v) is 5.74. The van der Waals surface area contributed by atoms with Gasteiger partial charge in [0.15, 0.2) is 0 Å². The Labute approximate surface area is 127 Å². The summed E-state index contributed by atoms with van der Waals surface area (Å²) in [7, 11) is 0. The highest BCUT2D eigenvalue weighted by molar-refractivity contribution is 6.24. The van der Waals surface area contributed by atoms with Gasteiger partial charge in [0, 0.05) is 5.92 Å². The van der Waals surface area contributed by atoms with Crippen molar-refractivity contribution in [1.82, 2.24) is 0 Å². The van der Waals surface area contributed by atoms with Crippen molar-refractivity contribution in [2.75, 3.05) is 0 Å². The van der Waals surface area contributed by atoms with Gasteiger partial charge in [0.2, 0.25) is 0 Å². The minimum atomic E-state index is 0.0772. The molecule has 1 heteroatoms. The van der Waals surface area contributed by atoms with E-state index in [1.807, 2.05) is 0 Å². The predicted molar refractivity (Wildman–Crippen MR) is 89.5 cm³/mol. The van der Waals surface area contributed by atoms with Crippen LogP contribution in [0.2, 0.25) is 0 Å². The lowest BCUT2D eigenvalue weighted by Gasteiger charge is -2.20. The summed E-state index contributed by atoms with van der Waals surface area (Å²) in [5.74, 6) is 0.562. The Morgan fingerprint density at radius 3 is 2.00 bits per heavy atom. The molecule has 0 aromatic heterocycles. The molecule has 2 aliphatic rings. The van der Waals surface area contributed by atoms with Gasteiger partial charge in [-0.1, -0.05) is 38.5 Å². The summed E-state index contributed by atoms with van der Waals surface area (Å²) in [5, 5.41) is 0.0772. The van der Waals surface area contributed by atoms with Crippen LogP contribution in [-0.4, -0.2) is 0 Å². The van der Waals surface area contributed by atoms with Crippen molar-refractivity contribution in [2.24, 2.45) is 0 Å². The SMILES string of the molecule is CCC1=Cc2c(C)c3c(c(C)c2C1C)C=C(CC)C3Cl. The Hall–Kier alpha value is -1.01. The molecule has 0 amide bonds. The summed E-state index contributed by atoms with van der Waals surface area (Å²) in [6, 6.07) is 0. The number of rotatable bonds is 2. The quantitative estimate of drug-likeness (QED) is 0.560. The number of hydrogen-bond donors (Lipinski definition) is 0. The number of allylic oxidation sites excluding steroid dienone is 2. The van der Waals surface area contributed by atoms with Gasteiger partial charge >= 0.3 is 0 Å². The second-order valence-electron chi connectivity index (χ2n) is 6.13. The molecule has 3 rings (SSSR count). The van der Waals surface area contributed by atoms with E-state index in [-0.39, 0.29) is 5.38 Å². The third kappa shape index (κ3) is 1.67. The van der Waals surface area contributed by atoms with Crippen molar-refractivity contribution in [1.29, 1.82) is 0 Å². The molecule has 2 aliphatic carbocycles. The molecule has 0 saturated carbocycles. The van der Waals surface area contributed by atoms with Gasteiger partial charge < -0.3 is 0 Å². The molecule has 106 valence electrons. The standard InChI is InChI=1S/C19H23Cl/c1-6-13-8-15-12(5)18-16(9-14(7-2)19(18)20)11(4)17(15)10(13)3/h8-10,19H,6-7H2,1-5H3. The summed E-state index contributed by atoms with van der Waals surface area (Å²) in [6.07, 6.45) is 6.93. The van der Waals surface area contributed by atoms with Gasteiger partial charge in [-0.3, -0.25) is 0 Å². The Bertz CT molecular complexity index is 589. The van der Waals surface area contributed by atoms with E-state index in [1.165, 1.54) is 39.0 Å². The summed E-state index contributed by atoms with van der Waals surface area (Å²) in [6.45, 7) is 11.3. The zero-order valence-electron chi connectivity index (χ0n) is 13.1. The number of alkyl halides is 1. The molecule has 0 fully saturated rings. The maximum absolute atomic E-state index is 6.71. The fourth-order valence-corrected chi connectivity index (χ4v) is 4.48. The smallest absolute Gasteiger partial charge is 0.0807 e. The lowest BCUT2D eigenvalue weighted by molar-refractivity contribution is 0.854. The van der Waals surface area contributed by atoms with Gasteiger partial charge in [-0.25, -0.2) is 0 Å². The fraction of sp³-hybridized carbons (Fsp3) is 0.474. The molecule has 0 aliphatic heterocycles. The second kappa shape index (κ2) is 4.77. The molecular weight excluding hydrogens is 264 g/mol. The molecule has 0 radical (unpaired) electrons. The van der Waals surface area contributed by atoms with Crippen molar-refractivity contribution in [2.45, 2.75) is 58.8 Å². The van der Waals surface area contributed by atoms with E-state index in [1.54, 1.807) is 5.57 Å². The van der Waals surface area contributed by atoms with E-state index in [2.05, 4.69) is 46.8 Å². The van der Waals surface area contributed by atoms with Gasteiger partial charge in [-0.2, -0.15) is 0 Å². The van der Waals surface area contributed by atoms with Crippen molar-refractivity contribution in [3.05, 3.63) is 44.5 Å². The molecule has 1 aromatic rings. The van der Waals surface area contributed by atoms with Crippen LogP contribution in [0.3, 0.4) is 0 Å². The van der Waals surface area contributed by atoms with Gasteiger partial charge in [-0.15, -0.1) is 11.6 Å². The molecule has 2 unspecified atom stereocenters. The average molecular weight is 287 g/mol. The van der Waals surface area contributed by atoms with Gasteiger partial charge in [0.25, 0.3) is 0 Å². The van der Waals surface area contributed by atoms with E-state index >= 15 is 0 Å². The molecule has 0 N–H and O–H groups in total. The van der Waals surface area contributed by atoms with Crippen molar-refractivity contribution < 1.29 is 0 Å². The molecule has 2 atom stereocenters. The zero-order valence-corrected chi connectivity index (χ0v) is 13.9. The molecule has 0 nitrogen and oxygen atoms in total. The Balaban J connectivity index is 2.27. The van der Waals surface area contributed by atoms with Crippen LogP contribution >= 0.6 is 11.6 Å². The van der Waals surface area contributed by atoms with Gasteiger partial charge in [0.05, 0.1) is 5.38 Å². The minimum Gasteiger partial charge on any atom is -0.113 e. The first-order valence-corrected chi connectivity index (χ1v) is 8.16. The first kappa shape index (κ1) is 13.9. The number of benzene rings is 1. The molecule has 1 aromatic carbocycles. The van der Waals surface area contributed by atoms with E-state index in [4.69, 9.17) is 11.6 Å². The van der Waals surface area contributed by atoms with Crippen LogP contribution in [-0.2, 0) is 0 Å². The summed E-state index contributed by atoms with van der Waals surface area (Å²) in [5.41, 5.74) is 11.5. The normalized spacial score (nSPS) is 23.5. The van der Waals surface area contributed by atoms with Gasteiger partial charge in [-0.05, 0) is 65.6 Å². The van der Waals surface area contributed by atoms with E-state index in [0.717, 1.165) is 12.8 Å². The molecule has 0 heterocycles. The van der Waals surface area contributed by atoms with Crippen molar-refractivity contribution >= 4 is 23.8 Å². The van der Waals surface area contributed by atoms with Crippen molar-refractivity contribution in [3.63, 3.8) is 0 Å². The third-order valence-electron chi connectivity index (χ3n) is 5.24. The summed E-state index contributed by atoms with van der Waals surface area (Å²) >= 11 is 6.71. The topological polar surface area (TPSA) is 0 Å². The highest BCUT2D eigenvalue weighted by Crippen LogP contribution is 2.50. The summed E-state index contributed by atoms with van der Waals surface area (Å²) in [4.78, 5) is 0. The highest BCUT2D eigenvalue weighted by atomic mass is 35.5. The van der Waals surface area contributed by atoms with Gasteiger partial charge in [0.1, 0.15) is 0 Å². The molecule has 0 saturated heterocycles. The van der Waals surface area contributed by atoms with Crippen LogP contribution in [0, 0.1) is 13.8 Å². The first-order valence-electron chi connectivity index (χ1n) is 7.73. The van der Waals surface area contributed by atoms with Crippen LogP contribution in [0.1, 0.15) is 78.3 Å². The monoisotopic (exact) mass is 286 g/mol. The van der Waals surface area contributed by atoms with E-state index < -0.39 is 0 Å². The zero-order chi connectivity index (χ0) is 14.6. The number of fused-ring (bicyclic) bond motifs is 2. The fourth-order valence-electron chi connectivity index (χ4n) is 3.98. The van der Waals surface area contributed by atoms with Crippen LogP contribution < -0.4 is 0 Å². The van der Waals surface area contributed by atoms with Crippen molar-refractivity contribution in [3.8, 4) is 0 Å². The number of hydrogen-bond acceptors (Lipinski definition) is 0. The van der Waals surface area contributed by atoms with Crippen LogP contribution in [0.15, 0.2) is 11.1 Å². The Morgan fingerprint density at radius 1 is 0.900 bits per heavy atom.